The molecule has 100 valence electrons. The Balaban J connectivity index is 2.11. The van der Waals surface area contributed by atoms with Gasteiger partial charge in [0.25, 0.3) is 0 Å². The molecule has 2 nitrogen and oxygen atoms in total. The molecule has 0 aromatic rings. The average Bonchev–Trinajstić information content (AvgIpc) is 3.15. The van der Waals surface area contributed by atoms with E-state index >= 15 is 0 Å². The van der Waals surface area contributed by atoms with Gasteiger partial charge in [-0.15, -0.1) is 0 Å². The lowest BCUT2D eigenvalue weighted by molar-refractivity contribution is -0.00322. The van der Waals surface area contributed by atoms with Gasteiger partial charge in [-0.25, -0.2) is 0 Å². The van der Waals surface area contributed by atoms with E-state index in [9.17, 15) is 0 Å². The van der Waals surface area contributed by atoms with E-state index in [0.717, 1.165) is 5.92 Å². The summed E-state index contributed by atoms with van der Waals surface area (Å²) in [6, 6.07) is 0. The molecule has 0 radical (unpaired) electrons. The van der Waals surface area contributed by atoms with Gasteiger partial charge in [0.05, 0.1) is 0 Å². The Bertz CT molecular complexity index is 256. The van der Waals surface area contributed by atoms with Crippen LogP contribution in [0.5, 0.6) is 0 Å². The number of nitrogens with one attached hydrogen (secondary N) is 1. The van der Waals surface area contributed by atoms with Crippen molar-refractivity contribution in [2.75, 3.05) is 19.6 Å². The molecule has 0 spiro atoms. The number of piperazine rings is 1. The van der Waals surface area contributed by atoms with Gasteiger partial charge in [0, 0.05) is 24.2 Å². The van der Waals surface area contributed by atoms with Gasteiger partial charge in [-0.05, 0) is 51.5 Å². The summed E-state index contributed by atoms with van der Waals surface area (Å²) < 4.78 is 0. The van der Waals surface area contributed by atoms with Gasteiger partial charge in [0.1, 0.15) is 0 Å². The normalized spacial score (nSPS) is 33.9. The lowest BCUT2D eigenvalue weighted by Crippen LogP contribution is -2.69. The molecule has 1 saturated carbocycles. The number of rotatable bonds is 5. The van der Waals surface area contributed by atoms with Crippen molar-refractivity contribution in [3.63, 3.8) is 0 Å². The molecule has 1 aliphatic carbocycles. The van der Waals surface area contributed by atoms with Gasteiger partial charge in [-0.1, -0.05) is 20.8 Å². The number of nitrogens with zero attached hydrogens (tertiary/aromatic N) is 1. The molecule has 1 atom stereocenters. The van der Waals surface area contributed by atoms with Crippen LogP contribution in [0.4, 0.5) is 0 Å². The highest BCUT2D eigenvalue weighted by atomic mass is 15.3. The van der Waals surface area contributed by atoms with Gasteiger partial charge >= 0.3 is 0 Å². The molecule has 0 bridgehead atoms. The Morgan fingerprint density at radius 3 is 2.29 bits per heavy atom. The fourth-order valence-electron chi connectivity index (χ4n) is 3.63. The molecule has 2 fully saturated rings. The summed E-state index contributed by atoms with van der Waals surface area (Å²) in [4.78, 5) is 2.79. The molecule has 0 aromatic heterocycles. The topological polar surface area (TPSA) is 15.3 Å². The molecule has 0 aromatic carbocycles. The summed E-state index contributed by atoms with van der Waals surface area (Å²) in [6.07, 6.45) is 6.71. The van der Waals surface area contributed by atoms with E-state index in [1.165, 1.54) is 51.7 Å². The molecule has 2 heteroatoms. The fourth-order valence-corrected chi connectivity index (χ4v) is 3.63. The van der Waals surface area contributed by atoms with E-state index in [0.29, 0.717) is 11.1 Å². The quantitative estimate of drug-likeness (QED) is 0.792. The average molecular weight is 238 g/mol. The van der Waals surface area contributed by atoms with E-state index in [1.807, 2.05) is 0 Å². The van der Waals surface area contributed by atoms with E-state index in [1.54, 1.807) is 0 Å². The van der Waals surface area contributed by atoms with E-state index < -0.39 is 0 Å². The summed E-state index contributed by atoms with van der Waals surface area (Å²) in [7, 11) is 0. The van der Waals surface area contributed by atoms with Crippen LogP contribution in [0.15, 0.2) is 0 Å². The zero-order valence-corrected chi connectivity index (χ0v) is 12.2. The second-order valence-electron chi connectivity index (χ2n) is 6.40. The Hall–Kier alpha value is -0.0800. The van der Waals surface area contributed by atoms with Crippen molar-refractivity contribution in [3.8, 4) is 0 Å². The summed E-state index contributed by atoms with van der Waals surface area (Å²) >= 11 is 0. The second-order valence-corrected chi connectivity index (χ2v) is 6.40. The third kappa shape index (κ3) is 2.39. The van der Waals surface area contributed by atoms with Gasteiger partial charge in [0.15, 0.2) is 0 Å². The van der Waals surface area contributed by atoms with E-state index in [2.05, 4.69) is 37.9 Å². The van der Waals surface area contributed by atoms with Crippen molar-refractivity contribution in [1.82, 2.24) is 10.2 Å². The molecule has 1 N–H and O–H groups in total. The minimum Gasteiger partial charge on any atom is -0.308 e. The van der Waals surface area contributed by atoms with E-state index in [4.69, 9.17) is 0 Å². The molecular weight excluding hydrogens is 208 g/mol. The molecule has 0 amide bonds. The van der Waals surface area contributed by atoms with Gasteiger partial charge in [-0.3, -0.25) is 4.90 Å². The Labute approximate surface area is 107 Å². The SMILES string of the molecule is CCCN1CC(C)(C2CC2)NCC1(CC)CC. The summed E-state index contributed by atoms with van der Waals surface area (Å²) in [6.45, 7) is 13.2. The van der Waals surface area contributed by atoms with Crippen LogP contribution in [-0.2, 0) is 0 Å². The predicted molar refractivity (Wildman–Crippen MR) is 74.3 cm³/mol. The van der Waals surface area contributed by atoms with Crippen molar-refractivity contribution in [1.29, 1.82) is 0 Å². The van der Waals surface area contributed by atoms with Crippen LogP contribution >= 0.6 is 0 Å². The predicted octanol–water partition coefficient (Wildman–Crippen LogP) is 3.03. The van der Waals surface area contributed by atoms with Crippen LogP contribution in [0.1, 0.15) is 59.8 Å². The molecular formula is C15H30N2. The maximum atomic E-state index is 3.90. The molecule has 17 heavy (non-hydrogen) atoms. The van der Waals surface area contributed by atoms with Crippen LogP contribution in [-0.4, -0.2) is 35.6 Å². The standard InChI is InChI=1S/C15H30N2/c1-5-10-17-12-14(4,13-8-9-13)16-11-15(17,6-2)7-3/h13,16H,5-12H2,1-4H3. The highest BCUT2D eigenvalue weighted by Crippen LogP contribution is 2.43. The zero-order chi connectivity index (χ0) is 12.5. The first-order valence-corrected chi connectivity index (χ1v) is 7.60. The third-order valence-corrected chi connectivity index (χ3v) is 5.30. The maximum Gasteiger partial charge on any atom is 0.0329 e. The van der Waals surface area contributed by atoms with Crippen LogP contribution in [0, 0.1) is 5.92 Å². The zero-order valence-electron chi connectivity index (χ0n) is 12.2. The highest BCUT2D eigenvalue weighted by molar-refractivity contribution is 5.08. The second kappa shape index (κ2) is 4.89. The Morgan fingerprint density at radius 1 is 1.18 bits per heavy atom. The highest BCUT2D eigenvalue weighted by Gasteiger charge is 2.49. The lowest BCUT2D eigenvalue weighted by Gasteiger charge is -2.54. The molecule has 1 unspecified atom stereocenters. The minimum atomic E-state index is 0.392. The van der Waals surface area contributed by atoms with Crippen LogP contribution < -0.4 is 5.32 Å². The van der Waals surface area contributed by atoms with Crippen LogP contribution in [0.3, 0.4) is 0 Å². The fraction of sp³-hybridized carbons (Fsp3) is 1.00. The number of hydrogen-bond acceptors (Lipinski definition) is 2. The van der Waals surface area contributed by atoms with Gasteiger partial charge in [-0.2, -0.15) is 0 Å². The van der Waals surface area contributed by atoms with Crippen molar-refractivity contribution >= 4 is 0 Å². The summed E-state index contributed by atoms with van der Waals surface area (Å²) in [5.41, 5.74) is 0.813. The molecule has 1 heterocycles. The first kappa shape index (κ1) is 13.4. The first-order chi connectivity index (χ1) is 8.10. The number of hydrogen-bond donors (Lipinski definition) is 1. The largest absolute Gasteiger partial charge is 0.308 e. The maximum absolute atomic E-state index is 3.90. The van der Waals surface area contributed by atoms with Crippen molar-refractivity contribution in [2.24, 2.45) is 5.92 Å². The molecule has 2 aliphatic rings. The third-order valence-electron chi connectivity index (χ3n) is 5.30. The van der Waals surface area contributed by atoms with Crippen LogP contribution in [0.2, 0.25) is 0 Å². The molecule has 1 saturated heterocycles. The summed E-state index contributed by atoms with van der Waals surface area (Å²) in [5, 5.41) is 3.90. The molecule has 2 rings (SSSR count). The first-order valence-electron chi connectivity index (χ1n) is 7.60. The summed E-state index contributed by atoms with van der Waals surface area (Å²) in [5.74, 6) is 0.938. The lowest BCUT2D eigenvalue weighted by atomic mass is 9.81. The van der Waals surface area contributed by atoms with Gasteiger partial charge < -0.3 is 5.32 Å². The van der Waals surface area contributed by atoms with Crippen molar-refractivity contribution < 1.29 is 0 Å². The van der Waals surface area contributed by atoms with E-state index in [-0.39, 0.29) is 0 Å². The minimum absolute atomic E-state index is 0.392. The Morgan fingerprint density at radius 2 is 1.82 bits per heavy atom. The van der Waals surface area contributed by atoms with Crippen molar-refractivity contribution in [3.05, 3.63) is 0 Å². The molecule has 1 aliphatic heterocycles. The van der Waals surface area contributed by atoms with Crippen LogP contribution in [0.25, 0.3) is 0 Å². The smallest absolute Gasteiger partial charge is 0.0329 e. The monoisotopic (exact) mass is 238 g/mol. The van der Waals surface area contributed by atoms with Gasteiger partial charge in [0.2, 0.25) is 0 Å². The Kier molecular flexibility index (Phi) is 3.84. The van der Waals surface area contributed by atoms with Crippen molar-refractivity contribution in [2.45, 2.75) is 70.9 Å².